The Morgan fingerprint density at radius 3 is 2.32 bits per heavy atom. The van der Waals surface area contributed by atoms with E-state index < -0.39 is 10.0 Å². The van der Waals surface area contributed by atoms with Crippen molar-refractivity contribution in [2.24, 2.45) is 0 Å². The Bertz CT molecular complexity index is 714. The molecule has 25 heavy (non-hydrogen) atoms. The first kappa shape index (κ1) is 18.1. The number of hydrogen-bond donors (Lipinski definition) is 2. The standard InChI is InChI=1S/C16H24N4O4S/c1-24-13-5-3-12(4-6-13)14-11-15(18-17-14)16(21)19-7-9-20(10-8-19)25(2,22)23/h3-6,14-15,17-18H,7-11H2,1-2H3. The summed E-state index contributed by atoms with van der Waals surface area (Å²) in [5.74, 6) is 0.808. The van der Waals surface area contributed by atoms with E-state index in [4.69, 9.17) is 4.74 Å². The van der Waals surface area contributed by atoms with Crippen LogP contribution in [0.2, 0.25) is 0 Å². The van der Waals surface area contributed by atoms with Crippen molar-refractivity contribution in [2.45, 2.75) is 18.5 Å². The minimum Gasteiger partial charge on any atom is -0.497 e. The van der Waals surface area contributed by atoms with Crippen LogP contribution in [0.5, 0.6) is 5.75 Å². The maximum absolute atomic E-state index is 12.7. The number of nitrogens with one attached hydrogen (secondary N) is 2. The molecule has 0 spiro atoms. The summed E-state index contributed by atoms with van der Waals surface area (Å²) < 4.78 is 29.7. The second kappa shape index (κ2) is 7.28. The second-order valence-electron chi connectivity index (χ2n) is 6.39. The van der Waals surface area contributed by atoms with Crippen LogP contribution in [0.4, 0.5) is 0 Å². The fourth-order valence-corrected chi connectivity index (χ4v) is 4.06. The summed E-state index contributed by atoms with van der Waals surface area (Å²) in [6.07, 6.45) is 1.85. The normalized spacial score (nSPS) is 25.1. The van der Waals surface area contributed by atoms with Crippen molar-refractivity contribution >= 4 is 15.9 Å². The smallest absolute Gasteiger partial charge is 0.241 e. The van der Waals surface area contributed by atoms with Crippen LogP contribution in [0.25, 0.3) is 0 Å². The molecule has 0 radical (unpaired) electrons. The number of amides is 1. The van der Waals surface area contributed by atoms with Crippen molar-refractivity contribution in [1.29, 1.82) is 0 Å². The van der Waals surface area contributed by atoms with Gasteiger partial charge in [-0.25, -0.2) is 19.3 Å². The second-order valence-corrected chi connectivity index (χ2v) is 8.37. The molecule has 3 rings (SSSR count). The molecular weight excluding hydrogens is 344 g/mol. The van der Waals surface area contributed by atoms with E-state index >= 15 is 0 Å². The lowest BCUT2D eigenvalue weighted by atomic mass is 10.0. The van der Waals surface area contributed by atoms with Crippen LogP contribution in [0, 0.1) is 0 Å². The highest BCUT2D eigenvalue weighted by atomic mass is 32.2. The number of sulfonamides is 1. The van der Waals surface area contributed by atoms with Gasteiger partial charge in [-0.2, -0.15) is 4.31 Å². The molecule has 2 N–H and O–H groups in total. The molecule has 0 aromatic heterocycles. The zero-order valence-electron chi connectivity index (χ0n) is 14.4. The maximum atomic E-state index is 12.7. The zero-order chi connectivity index (χ0) is 18.0. The zero-order valence-corrected chi connectivity index (χ0v) is 15.3. The predicted octanol–water partition coefficient (Wildman–Crippen LogP) is -0.293. The highest BCUT2D eigenvalue weighted by molar-refractivity contribution is 7.88. The molecule has 1 aromatic carbocycles. The summed E-state index contributed by atoms with van der Waals surface area (Å²) in [5, 5.41) is 0. The quantitative estimate of drug-likeness (QED) is 0.759. The van der Waals surface area contributed by atoms with Crippen molar-refractivity contribution in [2.75, 3.05) is 39.5 Å². The molecule has 2 saturated heterocycles. The first-order chi connectivity index (χ1) is 11.9. The van der Waals surface area contributed by atoms with Gasteiger partial charge in [0.1, 0.15) is 11.8 Å². The number of nitrogens with zero attached hydrogens (tertiary/aromatic N) is 2. The van der Waals surface area contributed by atoms with Gasteiger partial charge in [-0.1, -0.05) is 12.1 Å². The average molecular weight is 368 g/mol. The predicted molar refractivity (Wildman–Crippen MR) is 93.4 cm³/mol. The lowest BCUT2D eigenvalue weighted by molar-refractivity contribution is -0.134. The van der Waals surface area contributed by atoms with Gasteiger partial charge in [0, 0.05) is 32.2 Å². The molecule has 2 atom stereocenters. The van der Waals surface area contributed by atoms with E-state index in [2.05, 4.69) is 10.9 Å². The van der Waals surface area contributed by atoms with E-state index in [0.29, 0.717) is 32.6 Å². The van der Waals surface area contributed by atoms with E-state index in [1.165, 1.54) is 10.6 Å². The summed E-state index contributed by atoms with van der Waals surface area (Å²) in [6.45, 7) is 1.56. The topological polar surface area (TPSA) is 91.0 Å². The largest absolute Gasteiger partial charge is 0.497 e. The number of carbonyl (C=O) groups excluding carboxylic acids is 1. The molecule has 2 heterocycles. The SMILES string of the molecule is COc1ccc(C2CC(C(=O)N3CCN(S(C)(=O)=O)CC3)NN2)cc1. The summed E-state index contributed by atoms with van der Waals surface area (Å²) in [6, 6.07) is 7.51. The number of hydrazine groups is 1. The van der Waals surface area contributed by atoms with E-state index in [0.717, 1.165) is 11.3 Å². The average Bonchev–Trinajstić information content (AvgIpc) is 3.10. The van der Waals surface area contributed by atoms with Crippen LogP contribution in [0.15, 0.2) is 24.3 Å². The summed E-state index contributed by atoms with van der Waals surface area (Å²) in [5.41, 5.74) is 7.33. The van der Waals surface area contributed by atoms with Crippen LogP contribution in [0.3, 0.4) is 0 Å². The third-order valence-corrected chi connectivity index (χ3v) is 6.04. The van der Waals surface area contributed by atoms with Gasteiger partial charge in [0.2, 0.25) is 15.9 Å². The molecule has 1 amide bonds. The molecule has 0 saturated carbocycles. The van der Waals surface area contributed by atoms with Crippen LogP contribution < -0.4 is 15.6 Å². The summed E-state index contributed by atoms with van der Waals surface area (Å²) >= 11 is 0. The van der Waals surface area contributed by atoms with E-state index in [1.807, 2.05) is 24.3 Å². The monoisotopic (exact) mass is 368 g/mol. The molecule has 2 aliphatic heterocycles. The van der Waals surface area contributed by atoms with Gasteiger partial charge in [0.25, 0.3) is 0 Å². The Balaban J connectivity index is 1.56. The first-order valence-corrected chi connectivity index (χ1v) is 10.1. The van der Waals surface area contributed by atoms with Crippen molar-refractivity contribution in [3.8, 4) is 5.75 Å². The lowest BCUT2D eigenvalue weighted by Gasteiger charge is -2.34. The number of benzene rings is 1. The fourth-order valence-electron chi connectivity index (χ4n) is 3.23. The number of methoxy groups -OCH3 is 1. The molecule has 0 bridgehead atoms. The van der Waals surface area contributed by atoms with Gasteiger partial charge in [-0.3, -0.25) is 4.79 Å². The van der Waals surface area contributed by atoms with Gasteiger partial charge in [-0.15, -0.1) is 0 Å². The minimum atomic E-state index is -3.19. The van der Waals surface area contributed by atoms with Crippen LogP contribution in [-0.2, 0) is 14.8 Å². The van der Waals surface area contributed by atoms with Crippen LogP contribution in [-0.4, -0.2) is 69.1 Å². The summed E-state index contributed by atoms with van der Waals surface area (Å²) in [7, 11) is -1.56. The molecule has 138 valence electrons. The number of rotatable bonds is 4. The lowest BCUT2D eigenvalue weighted by Crippen LogP contribution is -2.54. The Morgan fingerprint density at radius 2 is 1.76 bits per heavy atom. The maximum Gasteiger partial charge on any atom is 0.241 e. The van der Waals surface area contributed by atoms with Gasteiger partial charge in [0.15, 0.2) is 0 Å². The van der Waals surface area contributed by atoms with Crippen molar-refractivity contribution in [3.05, 3.63) is 29.8 Å². The molecule has 1 aromatic rings. The molecule has 8 nitrogen and oxygen atoms in total. The van der Waals surface area contributed by atoms with Gasteiger partial charge >= 0.3 is 0 Å². The molecule has 2 fully saturated rings. The Hall–Kier alpha value is -1.68. The Morgan fingerprint density at radius 1 is 1.12 bits per heavy atom. The third kappa shape index (κ3) is 4.12. The van der Waals surface area contributed by atoms with Crippen molar-refractivity contribution in [1.82, 2.24) is 20.1 Å². The molecular formula is C16H24N4O4S. The van der Waals surface area contributed by atoms with E-state index in [9.17, 15) is 13.2 Å². The van der Waals surface area contributed by atoms with Gasteiger partial charge in [0.05, 0.1) is 13.4 Å². The van der Waals surface area contributed by atoms with E-state index in [-0.39, 0.29) is 18.0 Å². The molecule has 2 unspecified atom stereocenters. The third-order valence-electron chi connectivity index (χ3n) is 4.74. The number of hydrogen-bond acceptors (Lipinski definition) is 6. The molecule has 9 heteroatoms. The van der Waals surface area contributed by atoms with Gasteiger partial charge in [-0.05, 0) is 24.1 Å². The molecule has 0 aliphatic carbocycles. The van der Waals surface area contributed by atoms with Crippen LogP contribution >= 0.6 is 0 Å². The van der Waals surface area contributed by atoms with E-state index in [1.54, 1.807) is 12.0 Å². The number of carbonyl (C=O) groups is 1. The highest BCUT2D eigenvalue weighted by Crippen LogP contribution is 2.25. The first-order valence-electron chi connectivity index (χ1n) is 8.27. The van der Waals surface area contributed by atoms with Crippen molar-refractivity contribution in [3.63, 3.8) is 0 Å². The summed E-state index contributed by atoms with van der Waals surface area (Å²) in [4.78, 5) is 14.4. The molecule has 2 aliphatic rings. The Labute approximate surface area is 148 Å². The number of ether oxygens (including phenoxy) is 1. The van der Waals surface area contributed by atoms with Gasteiger partial charge < -0.3 is 9.64 Å². The fraction of sp³-hybridized carbons (Fsp3) is 0.562. The number of piperazine rings is 1. The van der Waals surface area contributed by atoms with Crippen LogP contribution in [0.1, 0.15) is 18.0 Å². The Kier molecular flexibility index (Phi) is 5.28. The van der Waals surface area contributed by atoms with Crippen molar-refractivity contribution < 1.29 is 17.9 Å². The minimum absolute atomic E-state index is 0.0108. The highest BCUT2D eigenvalue weighted by Gasteiger charge is 2.35.